The molecule has 4 unspecified atom stereocenters. The van der Waals surface area contributed by atoms with E-state index in [-0.39, 0.29) is 23.6 Å². The Kier molecular flexibility index (Phi) is 8.86. The van der Waals surface area contributed by atoms with Crippen molar-refractivity contribution in [3.8, 4) is 0 Å². The standard InChI is InChI=1S/C30H51ClO4/c1-19(2)13-15-34-22-12-14-29(4)21(16-22)7-8-23-25-10-9-24(20(3)6-11-28(33)35-18-31)30(25,5)27(32)17-26(23)29/h19-27,32H,6-18H2,1-5H3/t20-,21-,22-,23?,24?,25?,26?,27+,29+,30-/m1/s1. The van der Waals surface area contributed by atoms with E-state index in [2.05, 4.69) is 34.6 Å². The number of rotatable bonds is 9. The van der Waals surface area contributed by atoms with Crippen LogP contribution in [0.4, 0.5) is 0 Å². The van der Waals surface area contributed by atoms with Crippen LogP contribution in [-0.4, -0.2) is 36.0 Å². The van der Waals surface area contributed by atoms with Crippen LogP contribution in [0.15, 0.2) is 0 Å². The van der Waals surface area contributed by atoms with Gasteiger partial charge in [-0.25, -0.2) is 0 Å². The molecule has 0 radical (unpaired) electrons. The molecule has 4 rings (SSSR count). The molecule has 4 nitrogen and oxygen atoms in total. The first-order chi connectivity index (χ1) is 16.6. The van der Waals surface area contributed by atoms with E-state index in [0.717, 1.165) is 37.7 Å². The van der Waals surface area contributed by atoms with Crippen LogP contribution in [0.2, 0.25) is 0 Å². The fourth-order valence-corrected chi connectivity index (χ4v) is 9.57. The third-order valence-corrected chi connectivity index (χ3v) is 11.7. The number of aliphatic hydroxyl groups excluding tert-OH is 1. The Hall–Kier alpha value is -0.320. The quantitative estimate of drug-likeness (QED) is 0.263. The minimum absolute atomic E-state index is 0.0304. The normalized spacial score (nSPS) is 43.8. The van der Waals surface area contributed by atoms with Gasteiger partial charge in [0, 0.05) is 13.0 Å². The van der Waals surface area contributed by atoms with Crippen LogP contribution in [0.1, 0.15) is 105 Å². The third-order valence-electron chi connectivity index (χ3n) is 11.6. The second-order valence-corrected chi connectivity index (χ2v) is 13.8. The van der Waals surface area contributed by atoms with Crippen LogP contribution in [0.3, 0.4) is 0 Å². The highest BCUT2D eigenvalue weighted by Crippen LogP contribution is 2.68. The molecule has 5 heteroatoms. The van der Waals surface area contributed by atoms with Gasteiger partial charge in [0.05, 0.1) is 12.2 Å². The molecule has 1 N–H and O–H groups in total. The third kappa shape index (κ3) is 5.32. The van der Waals surface area contributed by atoms with Gasteiger partial charge in [-0.05, 0) is 116 Å². The molecule has 4 fully saturated rings. The predicted molar refractivity (Wildman–Crippen MR) is 141 cm³/mol. The van der Waals surface area contributed by atoms with Gasteiger partial charge < -0.3 is 14.6 Å². The maximum Gasteiger partial charge on any atom is 0.306 e. The zero-order valence-electron chi connectivity index (χ0n) is 22.9. The van der Waals surface area contributed by atoms with Crippen molar-refractivity contribution in [1.82, 2.24) is 0 Å². The predicted octanol–water partition coefficient (Wildman–Crippen LogP) is 7.20. The van der Waals surface area contributed by atoms with Crippen molar-refractivity contribution in [2.75, 3.05) is 12.7 Å². The molecule has 10 atom stereocenters. The summed E-state index contributed by atoms with van der Waals surface area (Å²) in [6, 6.07) is -0.0667. The lowest BCUT2D eigenvalue weighted by Gasteiger charge is -2.62. The van der Waals surface area contributed by atoms with Gasteiger partial charge in [-0.1, -0.05) is 46.2 Å². The van der Waals surface area contributed by atoms with E-state index in [0.29, 0.717) is 47.5 Å². The molecule has 0 amide bonds. The van der Waals surface area contributed by atoms with Crippen LogP contribution >= 0.6 is 11.6 Å². The summed E-state index contributed by atoms with van der Waals surface area (Å²) in [5.74, 6) is 4.10. The van der Waals surface area contributed by atoms with Crippen molar-refractivity contribution in [1.29, 1.82) is 0 Å². The number of hydrogen-bond donors (Lipinski definition) is 1. The van der Waals surface area contributed by atoms with Crippen molar-refractivity contribution in [3.05, 3.63) is 0 Å². The summed E-state index contributed by atoms with van der Waals surface area (Å²) in [4.78, 5) is 11.9. The summed E-state index contributed by atoms with van der Waals surface area (Å²) >= 11 is 5.55. The van der Waals surface area contributed by atoms with Crippen LogP contribution in [-0.2, 0) is 14.3 Å². The average Bonchev–Trinajstić information content (AvgIpc) is 3.17. The topological polar surface area (TPSA) is 55.8 Å². The first kappa shape index (κ1) is 27.7. The summed E-state index contributed by atoms with van der Waals surface area (Å²) in [5, 5.41) is 11.7. The molecule has 35 heavy (non-hydrogen) atoms. The van der Waals surface area contributed by atoms with Crippen molar-refractivity contribution in [3.63, 3.8) is 0 Å². The lowest BCUT2D eigenvalue weighted by molar-refractivity contribution is -0.178. The minimum Gasteiger partial charge on any atom is -0.449 e. The average molecular weight is 511 g/mol. The van der Waals surface area contributed by atoms with E-state index in [1.807, 2.05) is 0 Å². The molecule has 202 valence electrons. The highest BCUT2D eigenvalue weighted by molar-refractivity contribution is 6.17. The Bertz CT molecular complexity index is 727. The fourth-order valence-electron chi connectivity index (χ4n) is 9.44. The van der Waals surface area contributed by atoms with Crippen LogP contribution in [0.25, 0.3) is 0 Å². The Morgan fingerprint density at radius 1 is 1.03 bits per heavy atom. The smallest absolute Gasteiger partial charge is 0.306 e. The Labute approximate surface area is 219 Å². The molecule has 0 spiro atoms. The number of carbonyl (C=O) groups is 1. The summed E-state index contributed by atoms with van der Waals surface area (Å²) in [6.07, 6.45) is 12.3. The van der Waals surface area contributed by atoms with Gasteiger partial charge in [0.15, 0.2) is 6.07 Å². The summed E-state index contributed by atoms with van der Waals surface area (Å²) < 4.78 is 11.3. The maximum absolute atomic E-state index is 11.9. The monoisotopic (exact) mass is 510 g/mol. The van der Waals surface area contributed by atoms with Crippen LogP contribution in [0, 0.1) is 52.3 Å². The van der Waals surface area contributed by atoms with E-state index in [1.165, 1.54) is 44.9 Å². The van der Waals surface area contributed by atoms with Gasteiger partial charge in [0.1, 0.15) is 0 Å². The highest BCUT2D eigenvalue weighted by Gasteiger charge is 2.63. The summed E-state index contributed by atoms with van der Waals surface area (Å²) in [5.41, 5.74) is 0.315. The molecular weight excluding hydrogens is 460 g/mol. The zero-order valence-corrected chi connectivity index (χ0v) is 23.7. The Morgan fingerprint density at radius 3 is 2.51 bits per heavy atom. The molecule has 0 bridgehead atoms. The molecular formula is C30H51ClO4. The second kappa shape index (κ2) is 11.2. The highest BCUT2D eigenvalue weighted by atomic mass is 35.5. The SMILES string of the molecule is CC(C)CCO[C@@H]1CC[C@]2(C)C3C[C@H](O)[C@@]4(C)C(CCC4[C@H](C)CCC(=O)OCCl)C3CC[C@@H]2C1. The van der Waals surface area contributed by atoms with Crippen LogP contribution in [0.5, 0.6) is 0 Å². The van der Waals surface area contributed by atoms with Crippen molar-refractivity contribution in [2.45, 2.75) is 117 Å². The molecule has 0 aromatic rings. The van der Waals surface area contributed by atoms with Crippen LogP contribution < -0.4 is 0 Å². The number of fused-ring (bicyclic) bond motifs is 5. The van der Waals surface area contributed by atoms with E-state index < -0.39 is 0 Å². The molecule has 0 aromatic heterocycles. The molecule has 4 saturated carbocycles. The number of hydrogen-bond acceptors (Lipinski definition) is 4. The Balaban J connectivity index is 1.42. The molecule has 0 aliphatic heterocycles. The first-order valence-electron chi connectivity index (χ1n) is 14.6. The molecule has 0 heterocycles. The van der Waals surface area contributed by atoms with E-state index >= 15 is 0 Å². The van der Waals surface area contributed by atoms with Crippen molar-refractivity contribution < 1.29 is 19.4 Å². The summed E-state index contributed by atoms with van der Waals surface area (Å²) in [6.45, 7) is 12.7. The number of alkyl halides is 1. The molecule has 0 saturated heterocycles. The molecule has 0 aromatic carbocycles. The number of halogens is 1. The Morgan fingerprint density at radius 2 is 1.80 bits per heavy atom. The molecule has 4 aliphatic carbocycles. The van der Waals surface area contributed by atoms with Gasteiger partial charge in [-0.15, -0.1) is 0 Å². The lowest BCUT2D eigenvalue weighted by atomic mass is 9.43. The van der Waals surface area contributed by atoms with Gasteiger partial charge in [-0.2, -0.15) is 0 Å². The van der Waals surface area contributed by atoms with E-state index in [4.69, 9.17) is 21.1 Å². The lowest BCUT2D eigenvalue weighted by Crippen LogP contribution is -2.59. The van der Waals surface area contributed by atoms with Gasteiger partial charge >= 0.3 is 5.97 Å². The fraction of sp³-hybridized carbons (Fsp3) is 0.967. The van der Waals surface area contributed by atoms with Crippen molar-refractivity contribution in [2.24, 2.45) is 52.3 Å². The number of esters is 1. The minimum atomic E-state index is -0.242. The largest absolute Gasteiger partial charge is 0.449 e. The van der Waals surface area contributed by atoms with E-state index in [9.17, 15) is 9.90 Å². The number of ether oxygens (including phenoxy) is 2. The maximum atomic E-state index is 11.9. The van der Waals surface area contributed by atoms with Crippen molar-refractivity contribution >= 4 is 17.6 Å². The summed E-state index contributed by atoms with van der Waals surface area (Å²) in [7, 11) is 0. The second-order valence-electron chi connectivity index (χ2n) is 13.5. The van der Waals surface area contributed by atoms with Gasteiger partial charge in [0.2, 0.25) is 0 Å². The number of carbonyl (C=O) groups excluding carboxylic acids is 1. The zero-order chi connectivity index (χ0) is 25.4. The molecule has 4 aliphatic rings. The van der Waals surface area contributed by atoms with Gasteiger partial charge in [-0.3, -0.25) is 4.79 Å². The van der Waals surface area contributed by atoms with E-state index in [1.54, 1.807) is 0 Å². The number of aliphatic hydroxyl groups is 1. The first-order valence-corrected chi connectivity index (χ1v) is 15.2. The van der Waals surface area contributed by atoms with Gasteiger partial charge in [0.25, 0.3) is 0 Å².